The number of halogens is 2. The highest BCUT2D eigenvalue weighted by atomic mass is 127. The largest absolute Gasteiger partial charge is 0.493 e. The molecular weight excluding hydrogens is 634 g/mol. The van der Waals surface area contributed by atoms with Gasteiger partial charge in [-0.2, -0.15) is 0 Å². The van der Waals surface area contributed by atoms with Crippen molar-refractivity contribution in [1.29, 1.82) is 0 Å². The predicted octanol–water partition coefficient (Wildman–Crippen LogP) is 3.16. The zero-order valence-electron chi connectivity index (χ0n) is 22.2. The number of ether oxygens (including phenoxy) is 2. The normalized spacial score (nSPS) is 18.6. The summed E-state index contributed by atoms with van der Waals surface area (Å²) in [5, 5.41) is 23.3. The smallest absolute Gasteiger partial charge is 0.247 e. The molecule has 0 unspecified atom stereocenters. The Hall–Kier alpha value is -3.29. The van der Waals surface area contributed by atoms with E-state index in [0.717, 1.165) is 0 Å². The highest BCUT2D eigenvalue weighted by Gasteiger charge is 2.40. The van der Waals surface area contributed by atoms with Crippen LogP contribution >= 0.6 is 22.6 Å². The van der Waals surface area contributed by atoms with Crippen LogP contribution in [0.15, 0.2) is 60.2 Å². The summed E-state index contributed by atoms with van der Waals surface area (Å²) in [6.45, 7) is 1.43. The fourth-order valence-electron chi connectivity index (χ4n) is 4.32. The number of hydrogen-bond donors (Lipinski definition) is 3. The topological polar surface area (TPSA) is 125 Å². The van der Waals surface area contributed by atoms with Crippen molar-refractivity contribution in [2.24, 2.45) is 0 Å². The lowest BCUT2D eigenvalue weighted by atomic mass is 9.87. The number of aliphatic hydroxyl groups is 2. The van der Waals surface area contributed by atoms with Crippen molar-refractivity contribution in [3.8, 4) is 11.5 Å². The van der Waals surface area contributed by atoms with Crippen LogP contribution in [0.2, 0.25) is 0 Å². The molecule has 2 aromatic carbocycles. The third-order valence-electron chi connectivity index (χ3n) is 6.33. The zero-order chi connectivity index (χ0) is 29.2. The summed E-state index contributed by atoms with van der Waals surface area (Å²) in [4.78, 5) is 39.0. The number of nitrogens with one attached hydrogen (secondary N) is 1. The van der Waals surface area contributed by atoms with Crippen LogP contribution in [-0.2, 0) is 16.1 Å². The number of rotatable bonds is 12. The van der Waals surface area contributed by atoms with Crippen LogP contribution in [0.3, 0.4) is 0 Å². The average Bonchev–Trinajstić information content (AvgIpc) is 2.96. The standard InChI is InChI=1S/C29H32FIN2O7/c1-3-4-9-26(36)33(16-19-7-5-6-8-21(19)30)23-14-20(29(38)32-10-11-34)15-24(27(23)37)40-28-22(31)12-18(17-35)13-25(28)39-2/h4-9,12-13,15,17,23-24,27,34,37H,3,10-11,14,16H2,1-2H3,(H,32,38)/t23-,24+,27+/m1/s1. The van der Waals surface area contributed by atoms with Gasteiger partial charge in [0.15, 0.2) is 11.5 Å². The van der Waals surface area contributed by atoms with Crippen LogP contribution < -0.4 is 14.8 Å². The number of carbonyl (C=O) groups excluding carboxylic acids is 3. The first kappa shape index (κ1) is 31.2. The van der Waals surface area contributed by atoms with Crippen molar-refractivity contribution in [3.05, 3.63) is 80.7 Å². The zero-order valence-corrected chi connectivity index (χ0v) is 24.3. The molecule has 1 aliphatic carbocycles. The summed E-state index contributed by atoms with van der Waals surface area (Å²) < 4.78 is 26.8. The van der Waals surface area contributed by atoms with E-state index in [1.54, 1.807) is 30.3 Å². The molecule has 0 fully saturated rings. The quantitative estimate of drug-likeness (QED) is 0.181. The van der Waals surface area contributed by atoms with Crippen LogP contribution in [0.25, 0.3) is 0 Å². The Morgan fingerprint density at radius 2 is 2.02 bits per heavy atom. The molecule has 9 nitrogen and oxygen atoms in total. The van der Waals surface area contributed by atoms with Crippen LogP contribution in [0, 0.1) is 9.39 Å². The van der Waals surface area contributed by atoms with Gasteiger partial charge in [-0.05, 0) is 59.4 Å². The molecule has 2 amide bonds. The molecule has 0 saturated heterocycles. The van der Waals surface area contributed by atoms with E-state index in [2.05, 4.69) is 5.32 Å². The molecule has 0 aliphatic heterocycles. The second kappa shape index (κ2) is 14.9. The van der Waals surface area contributed by atoms with Crippen LogP contribution in [-0.4, -0.2) is 71.7 Å². The van der Waals surface area contributed by atoms with Gasteiger partial charge in [0.05, 0.1) is 23.3 Å². The lowest BCUT2D eigenvalue weighted by molar-refractivity contribution is -0.134. The fourth-order valence-corrected chi connectivity index (χ4v) is 5.07. The first-order chi connectivity index (χ1) is 19.2. The summed E-state index contributed by atoms with van der Waals surface area (Å²) in [5.74, 6) is -0.994. The Morgan fingerprint density at radius 1 is 1.27 bits per heavy atom. The molecule has 214 valence electrons. The molecule has 1 aliphatic rings. The highest BCUT2D eigenvalue weighted by Crippen LogP contribution is 2.37. The molecule has 0 aromatic heterocycles. The molecule has 3 atom stereocenters. The molecule has 0 spiro atoms. The number of methoxy groups -OCH3 is 1. The number of aliphatic hydroxyl groups excluding tert-OH is 2. The predicted molar refractivity (Wildman–Crippen MR) is 154 cm³/mol. The van der Waals surface area contributed by atoms with Crippen molar-refractivity contribution in [2.75, 3.05) is 20.3 Å². The number of aldehydes is 1. The number of allylic oxidation sites excluding steroid dienone is 1. The van der Waals surface area contributed by atoms with E-state index < -0.39 is 35.9 Å². The number of carbonyl (C=O) groups is 3. The third kappa shape index (κ3) is 7.67. The minimum Gasteiger partial charge on any atom is -0.493 e. The fraction of sp³-hybridized carbons (Fsp3) is 0.345. The lowest BCUT2D eigenvalue weighted by Crippen LogP contribution is -2.54. The first-order valence-electron chi connectivity index (χ1n) is 12.7. The molecule has 0 radical (unpaired) electrons. The Bertz CT molecular complexity index is 1280. The van der Waals surface area contributed by atoms with Gasteiger partial charge in [-0.3, -0.25) is 14.4 Å². The monoisotopic (exact) mass is 666 g/mol. The Labute approximate surface area is 245 Å². The van der Waals surface area contributed by atoms with Gasteiger partial charge in [-0.25, -0.2) is 4.39 Å². The van der Waals surface area contributed by atoms with Crippen molar-refractivity contribution in [2.45, 2.75) is 44.6 Å². The first-order valence-corrected chi connectivity index (χ1v) is 13.8. The highest BCUT2D eigenvalue weighted by molar-refractivity contribution is 14.1. The molecule has 0 saturated carbocycles. The second-order valence-corrected chi connectivity index (χ2v) is 10.2. The molecule has 0 heterocycles. The van der Waals surface area contributed by atoms with Crippen LogP contribution in [0.4, 0.5) is 4.39 Å². The number of benzene rings is 2. The van der Waals surface area contributed by atoms with E-state index in [9.17, 15) is 29.0 Å². The van der Waals surface area contributed by atoms with Gasteiger partial charge in [0.25, 0.3) is 0 Å². The van der Waals surface area contributed by atoms with Crippen molar-refractivity contribution < 1.29 is 38.5 Å². The second-order valence-electron chi connectivity index (χ2n) is 9.04. The van der Waals surface area contributed by atoms with Gasteiger partial charge in [-0.15, -0.1) is 0 Å². The summed E-state index contributed by atoms with van der Waals surface area (Å²) in [6.07, 6.45) is 3.24. The number of hydrogen-bond acceptors (Lipinski definition) is 7. The molecule has 0 bridgehead atoms. The van der Waals surface area contributed by atoms with E-state index in [1.807, 2.05) is 29.5 Å². The SMILES string of the molecule is CCC=CC(=O)N(Cc1ccccc1F)[C@@H]1CC(C(=O)NCCO)=C[C@H](Oc2c(I)cc(C=O)cc2OC)[C@H]1O. The maximum Gasteiger partial charge on any atom is 0.247 e. The van der Waals surface area contributed by atoms with E-state index in [1.165, 1.54) is 36.3 Å². The summed E-state index contributed by atoms with van der Waals surface area (Å²) in [6, 6.07) is 8.12. The van der Waals surface area contributed by atoms with Gasteiger partial charge in [0.2, 0.25) is 11.8 Å². The molecule has 3 N–H and O–H groups in total. The maximum absolute atomic E-state index is 14.6. The Morgan fingerprint density at radius 3 is 2.67 bits per heavy atom. The molecule has 11 heteroatoms. The van der Waals surface area contributed by atoms with Gasteiger partial charge in [0.1, 0.15) is 24.3 Å². The van der Waals surface area contributed by atoms with Gasteiger partial charge in [-0.1, -0.05) is 31.2 Å². The molecule has 40 heavy (non-hydrogen) atoms. The van der Waals surface area contributed by atoms with E-state index in [4.69, 9.17) is 9.47 Å². The third-order valence-corrected chi connectivity index (χ3v) is 7.14. The van der Waals surface area contributed by atoms with Crippen molar-refractivity contribution in [3.63, 3.8) is 0 Å². The molecular formula is C29H32FIN2O7. The maximum atomic E-state index is 14.6. The van der Waals surface area contributed by atoms with E-state index >= 15 is 0 Å². The van der Waals surface area contributed by atoms with Crippen molar-refractivity contribution >= 4 is 40.7 Å². The average molecular weight is 666 g/mol. The summed E-state index contributed by atoms with van der Waals surface area (Å²) in [7, 11) is 1.41. The minimum atomic E-state index is -1.33. The van der Waals surface area contributed by atoms with Crippen molar-refractivity contribution in [1.82, 2.24) is 10.2 Å². The number of amides is 2. The van der Waals surface area contributed by atoms with Gasteiger partial charge >= 0.3 is 0 Å². The van der Waals surface area contributed by atoms with E-state index in [0.29, 0.717) is 21.8 Å². The summed E-state index contributed by atoms with van der Waals surface area (Å²) >= 11 is 1.97. The molecule has 3 rings (SSSR count). The molecule has 2 aromatic rings. The van der Waals surface area contributed by atoms with Crippen LogP contribution in [0.5, 0.6) is 11.5 Å². The van der Waals surface area contributed by atoms with Gasteiger partial charge < -0.3 is 29.9 Å². The Balaban J connectivity index is 2.07. The number of nitrogens with zero attached hydrogens (tertiary/aromatic N) is 1. The summed E-state index contributed by atoms with van der Waals surface area (Å²) in [5.41, 5.74) is 0.824. The van der Waals surface area contributed by atoms with E-state index in [-0.39, 0.29) is 48.8 Å². The lowest BCUT2D eigenvalue weighted by Gasteiger charge is -2.40. The minimum absolute atomic E-state index is 0.00487. The van der Waals surface area contributed by atoms with Gasteiger partial charge in [0, 0.05) is 36.2 Å². The Kier molecular flexibility index (Phi) is 11.6. The van der Waals surface area contributed by atoms with Crippen LogP contribution in [0.1, 0.15) is 35.7 Å².